The molecule has 6 rings (SSSR count). The second-order valence-electron chi connectivity index (χ2n) is 15.8. The molecule has 3 heterocycles. The highest BCUT2D eigenvalue weighted by molar-refractivity contribution is 5.93. The van der Waals surface area contributed by atoms with Gasteiger partial charge < -0.3 is 44.6 Å². The van der Waals surface area contributed by atoms with Crippen LogP contribution >= 0.6 is 0 Å². The molecule has 62 heavy (non-hydrogen) atoms. The number of H-pyrrole nitrogens is 2. The fraction of sp³-hybridized carbons (Fsp3) is 0.404. The van der Waals surface area contributed by atoms with E-state index in [1.54, 1.807) is 22.2 Å². The molecule has 2 unspecified atom stereocenters. The van der Waals surface area contributed by atoms with Crippen LogP contribution in [0.1, 0.15) is 81.7 Å². The molecule has 0 fully saturated rings. The van der Waals surface area contributed by atoms with Crippen molar-refractivity contribution < 1.29 is 33.4 Å². The van der Waals surface area contributed by atoms with Crippen LogP contribution in [0.25, 0.3) is 27.6 Å². The molecule has 2 aromatic heterocycles. The van der Waals surface area contributed by atoms with Gasteiger partial charge in [0.25, 0.3) is 0 Å². The summed E-state index contributed by atoms with van der Waals surface area (Å²) in [6.45, 7) is 10.7. The van der Waals surface area contributed by atoms with Crippen LogP contribution in [0.3, 0.4) is 0 Å². The predicted molar refractivity (Wildman–Crippen MR) is 237 cm³/mol. The third-order valence-electron chi connectivity index (χ3n) is 11.3. The smallest absolute Gasteiger partial charge is 0.407 e. The van der Waals surface area contributed by atoms with Crippen LogP contribution in [0.2, 0.25) is 0 Å². The second kappa shape index (κ2) is 20.6. The molecular formula is C47H56N8O7. The van der Waals surface area contributed by atoms with Gasteiger partial charge >= 0.3 is 12.2 Å². The summed E-state index contributed by atoms with van der Waals surface area (Å²) < 4.78 is 15.9. The highest BCUT2D eigenvalue weighted by atomic mass is 16.5. The lowest BCUT2D eigenvalue weighted by Gasteiger charge is -2.31. The molecule has 0 saturated heterocycles. The molecule has 2 aliphatic rings. The molecule has 0 saturated carbocycles. The number of amides is 4. The molecule has 15 nitrogen and oxygen atoms in total. The lowest BCUT2D eigenvalue weighted by molar-refractivity contribution is -0.135. The Morgan fingerprint density at radius 3 is 2.50 bits per heavy atom. The van der Waals surface area contributed by atoms with Crippen molar-refractivity contribution >= 4 is 40.3 Å². The topological polar surface area (TPSA) is 184 Å². The van der Waals surface area contributed by atoms with E-state index in [1.165, 1.54) is 19.8 Å². The molecule has 15 heteroatoms. The molecule has 1 aliphatic heterocycles. The monoisotopic (exact) mass is 844 g/mol. The van der Waals surface area contributed by atoms with Crippen molar-refractivity contribution in [3.05, 3.63) is 96.0 Å². The van der Waals surface area contributed by atoms with Crippen molar-refractivity contribution in [3.8, 4) is 29.4 Å². The number of nitrogens with zero attached hydrogens (tertiary/aromatic N) is 4. The third-order valence-corrected chi connectivity index (χ3v) is 11.3. The van der Waals surface area contributed by atoms with E-state index in [2.05, 4.69) is 91.1 Å². The van der Waals surface area contributed by atoms with Gasteiger partial charge in [0.2, 0.25) is 11.8 Å². The number of methoxy groups -OCH3 is 2. The summed E-state index contributed by atoms with van der Waals surface area (Å²) in [5.41, 5.74) is 5.88. The maximum Gasteiger partial charge on any atom is 0.407 e. The molecule has 1 aliphatic carbocycles. The van der Waals surface area contributed by atoms with Gasteiger partial charge in [-0.2, -0.15) is 0 Å². The SMILES string of the molecule is C#CCCN(Cc1ncc(-c2ccc3c4c(ccc3c2)C2CC=C(c3cnc(CN(C(=O)CNC(=O)OC)C(CC=C)CCC)[nH]3)C=C2CO4)[nH]1)C(=O)[C@@H](NC(=O)OC)C(C)C. The van der Waals surface area contributed by atoms with E-state index in [4.69, 9.17) is 15.9 Å². The Morgan fingerprint density at radius 1 is 1.05 bits per heavy atom. The molecule has 3 atom stereocenters. The van der Waals surface area contributed by atoms with Crippen molar-refractivity contribution in [3.63, 3.8) is 0 Å². The average molecular weight is 845 g/mol. The molecule has 0 radical (unpaired) electrons. The predicted octanol–water partition coefficient (Wildman–Crippen LogP) is 7.00. The second-order valence-corrected chi connectivity index (χ2v) is 15.8. The number of nitrogens with one attached hydrogen (secondary N) is 4. The van der Waals surface area contributed by atoms with Gasteiger partial charge in [0.15, 0.2) is 0 Å². The molecule has 4 aromatic rings. The van der Waals surface area contributed by atoms with Gasteiger partial charge in [-0.3, -0.25) is 9.59 Å². The zero-order valence-corrected chi connectivity index (χ0v) is 36.1. The van der Waals surface area contributed by atoms with Crippen molar-refractivity contribution in [2.24, 2.45) is 5.92 Å². The first-order chi connectivity index (χ1) is 30.0. The van der Waals surface area contributed by atoms with Crippen molar-refractivity contribution in [2.45, 2.75) is 84.0 Å². The van der Waals surface area contributed by atoms with E-state index in [0.29, 0.717) is 37.6 Å². The molecule has 2 aromatic carbocycles. The molecule has 0 bridgehead atoms. The lowest BCUT2D eigenvalue weighted by Crippen LogP contribution is -2.51. The van der Waals surface area contributed by atoms with Crippen LogP contribution in [0.5, 0.6) is 5.75 Å². The Hall–Kier alpha value is -6.82. The maximum absolute atomic E-state index is 13.6. The number of alkyl carbamates (subject to hydrolysis) is 2. The van der Waals surface area contributed by atoms with E-state index >= 15 is 0 Å². The number of benzene rings is 2. The van der Waals surface area contributed by atoms with E-state index in [-0.39, 0.29) is 49.3 Å². The number of carbonyl (C=O) groups is 4. The number of aromatic nitrogens is 4. The van der Waals surface area contributed by atoms with E-state index in [0.717, 1.165) is 63.9 Å². The Kier molecular flexibility index (Phi) is 14.9. The van der Waals surface area contributed by atoms with Crippen LogP contribution in [0.15, 0.2) is 73.1 Å². The Bertz CT molecular complexity index is 2390. The molecule has 4 amide bonds. The number of hydrogen-bond donors (Lipinski definition) is 4. The van der Waals surface area contributed by atoms with Crippen LogP contribution in [-0.2, 0) is 32.2 Å². The summed E-state index contributed by atoms with van der Waals surface area (Å²) in [5.74, 6) is 4.17. The Balaban J connectivity index is 1.15. The molecule has 326 valence electrons. The summed E-state index contributed by atoms with van der Waals surface area (Å²) in [4.78, 5) is 70.1. The minimum Gasteiger partial charge on any atom is -0.488 e. The number of aromatic amines is 2. The Labute approximate surface area is 362 Å². The standard InChI is InChI=1S/C47H56N8O7/c1-8-11-20-54(45(57)43(29(4)5)53-47(59)61-7)26-40-48-23-38(51-40)31-16-18-36-30(21-31)14-19-37-35-17-15-32(22-33(35)28-62-44(36)37)39-24-49-41(52-39)27-55(34(12-9-2)13-10-3)42(56)25-50-46(58)60-6/h1,9,14-16,18-19,21-24,29,34-35,43H,2,10-13,17,20,25-28H2,3-7H3,(H,48,51)(H,49,52)(H,50,58)(H,53,59)/t34?,35?,43-/m0/s1. The quantitative estimate of drug-likeness (QED) is 0.0605. The fourth-order valence-corrected chi connectivity index (χ4v) is 8.04. The fourth-order valence-electron chi connectivity index (χ4n) is 8.04. The summed E-state index contributed by atoms with van der Waals surface area (Å²) in [6, 6.07) is 9.58. The van der Waals surface area contributed by atoms with Crippen LogP contribution in [-0.4, -0.2) is 99.7 Å². The number of ether oxygens (including phenoxy) is 3. The van der Waals surface area contributed by atoms with E-state index < -0.39 is 18.2 Å². The van der Waals surface area contributed by atoms with Gasteiger partial charge in [-0.25, -0.2) is 19.6 Å². The highest BCUT2D eigenvalue weighted by Gasteiger charge is 2.32. The van der Waals surface area contributed by atoms with Crippen molar-refractivity contribution in [1.82, 2.24) is 40.4 Å². The molecule has 4 N–H and O–H groups in total. The van der Waals surface area contributed by atoms with Gasteiger partial charge in [-0.1, -0.05) is 57.5 Å². The van der Waals surface area contributed by atoms with Gasteiger partial charge in [0, 0.05) is 41.4 Å². The first kappa shape index (κ1) is 44.7. The third kappa shape index (κ3) is 10.4. The van der Waals surface area contributed by atoms with E-state index in [1.807, 2.05) is 26.0 Å². The number of terminal acetylenes is 1. The van der Waals surface area contributed by atoms with E-state index in [9.17, 15) is 19.2 Å². The van der Waals surface area contributed by atoms with Gasteiger partial charge in [0.05, 0.1) is 51.1 Å². The molecule has 0 spiro atoms. The largest absolute Gasteiger partial charge is 0.488 e. The zero-order valence-electron chi connectivity index (χ0n) is 36.1. The van der Waals surface area contributed by atoms with Crippen LogP contribution in [0, 0.1) is 18.3 Å². The highest BCUT2D eigenvalue weighted by Crippen LogP contribution is 2.46. The van der Waals surface area contributed by atoms with Crippen molar-refractivity contribution in [1.29, 1.82) is 0 Å². The molecular weight excluding hydrogens is 789 g/mol. The number of fused-ring (bicyclic) bond motifs is 5. The average Bonchev–Trinajstić information content (AvgIpc) is 3.97. The van der Waals surface area contributed by atoms with Crippen LogP contribution in [0.4, 0.5) is 9.59 Å². The first-order valence-electron chi connectivity index (χ1n) is 21.0. The van der Waals surface area contributed by atoms with Crippen molar-refractivity contribution in [2.75, 3.05) is 33.9 Å². The summed E-state index contributed by atoms with van der Waals surface area (Å²) in [6.07, 6.45) is 17.4. The van der Waals surface area contributed by atoms with Gasteiger partial charge in [0.1, 0.15) is 36.6 Å². The summed E-state index contributed by atoms with van der Waals surface area (Å²) >= 11 is 0. The number of rotatable bonds is 18. The number of carbonyl (C=O) groups excluding carboxylic acids is 4. The summed E-state index contributed by atoms with van der Waals surface area (Å²) in [7, 11) is 2.52. The Morgan fingerprint density at radius 2 is 1.79 bits per heavy atom. The number of hydrogen-bond acceptors (Lipinski definition) is 9. The summed E-state index contributed by atoms with van der Waals surface area (Å²) in [5, 5.41) is 7.18. The van der Waals surface area contributed by atoms with Gasteiger partial charge in [-0.05, 0) is 59.9 Å². The normalized spacial score (nSPS) is 15.1. The first-order valence-corrected chi connectivity index (χ1v) is 21.0. The zero-order chi connectivity index (χ0) is 44.3. The maximum atomic E-state index is 13.6. The number of allylic oxidation sites excluding steroid dienone is 3. The lowest BCUT2D eigenvalue weighted by atomic mass is 9.80. The minimum atomic E-state index is -0.788. The van der Waals surface area contributed by atoms with Gasteiger partial charge in [-0.15, -0.1) is 18.9 Å². The number of imidazole rings is 2. The van der Waals surface area contributed by atoms with Crippen LogP contribution < -0.4 is 15.4 Å². The minimum absolute atomic E-state index is 0.0945.